The number of benzene rings is 1. The lowest BCUT2D eigenvalue weighted by Gasteiger charge is -2.35. The summed E-state index contributed by atoms with van der Waals surface area (Å²) in [5.74, 6) is 0.720. The summed E-state index contributed by atoms with van der Waals surface area (Å²) in [7, 11) is 0. The molecule has 2 atom stereocenters. The predicted octanol–water partition coefficient (Wildman–Crippen LogP) is 4.67. The van der Waals surface area contributed by atoms with Gasteiger partial charge in [-0.05, 0) is 42.2 Å². The van der Waals surface area contributed by atoms with E-state index in [2.05, 4.69) is 55.8 Å². The van der Waals surface area contributed by atoms with Gasteiger partial charge in [0, 0.05) is 35.6 Å². The number of nitrogens with zero attached hydrogens (tertiary/aromatic N) is 1. The molecule has 2 bridgehead atoms. The lowest BCUT2D eigenvalue weighted by molar-refractivity contribution is 0.177. The van der Waals surface area contributed by atoms with Crippen molar-refractivity contribution in [2.24, 2.45) is 10.8 Å². The quantitative estimate of drug-likeness (QED) is 0.742. The summed E-state index contributed by atoms with van der Waals surface area (Å²) in [5, 5.41) is 1.52. The lowest BCUT2D eigenvalue weighted by Crippen LogP contribution is -2.34. The van der Waals surface area contributed by atoms with E-state index < -0.39 is 0 Å². The van der Waals surface area contributed by atoms with Crippen molar-refractivity contribution in [3.05, 3.63) is 29.5 Å². The van der Waals surface area contributed by atoms with Gasteiger partial charge in [0.15, 0.2) is 6.71 Å². The molecular weight excluding hydrogens is 315 g/mol. The van der Waals surface area contributed by atoms with Gasteiger partial charge in [-0.2, -0.15) is 0 Å². The molecule has 2 aromatic rings. The first kappa shape index (κ1) is 16.9. The van der Waals surface area contributed by atoms with Gasteiger partial charge >= 0.3 is 0 Å². The zero-order chi connectivity index (χ0) is 18.1. The van der Waals surface area contributed by atoms with Gasteiger partial charge < -0.3 is 9.88 Å². The zero-order valence-corrected chi connectivity index (χ0v) is 17.0. The fraction of sp³-hybridized carbons (Fsp3) is 0.652. The second kappa shape index (κ2) is 5.64. The van der Waals surface area contributed by atoms with E-state index in [0.717, 1.165) is 5.92 Å². The van der Waals surface area contributed by atoms with E-state index in [9.17, 15) is 0 Å². The highest BCUT2D eigenvalue weighted by atomic mass is 15.1. The molecule has 0 aliphatic carbocycles. The molecule has 1 N–H and O–H groups in total. The smallest absolute Gasteiger partial charge is 0.179 e. The van der Waals surface area contributed by atoms with Crippen LogP contribution in [0.15, 0.2) is 18.2 Å². The Morgan fingerprint density at radius 3 is 2.62 bits per heavy atom. The van der Waals surface area contributed by atoms with Crippen LogP contribution in [0.5, 0.6) is 0 Å². The molecule has 138 valence electrons. The number of hydrogen-bond donors (Lipinski definition) is 1. The minimum atomic E-state index is 0.410. The second-order valence-electron chi connectivity index (χ2n) is 10.5. The van der Waals surface area contributed by atoms with E-state index in [-0.39, 0.29) is 0 Å². The van der Waals surface area contributed by atoms with Crippen molar-refractivity contribution in [3.63, 3.8) is 0 Å². The number of aromatic amines is 1. The fourth-order valence-corrected chi connectivity index (χ4v) is 6.12. The maximum Gasteiger partial charge on any atom is 0.179 e. The molecule has 4 heterocycles. The van der Waals surface area contributed by atoms with Crippen molar-refractivity contribution in [2.75, 3.05) is 19.6 Å². The molecule has 2 fully saturated rings. The zero-order valence-electron chi connectivity index (χ0n) is 17.0. The van der Waals surface area contributed by atoms with E-state index >= 15 is 0 Å². The average Bonchev–Trinajstić information content (AvgIpc) is 3.03. The van der Waals surface area contributed by atoms with Gasteiger partial charge in [-0.15, -0.1) is 0 Å². The van der Waals surface area contributed by atoms with Crippen LogP contribution < -0.4 is 5.46 Å². The summed E-state index contributed by atoms with van der Waals surface area (Å²) in [4.78, 5) is 6.67. The standard InChI is InChI=1S/C23H33BN2/c1-22(2)14-24(15-23(22,3)4)19-9-5-8-17-18-10-12-26-11-6-7-16(13-26)20(18)25-21(17)19/h5,8-9,16,25H,6-7,10-15H2,1-4H3. The number of para-hydroxylation sites is 1. The van der Waals surface area contributed by atoms with Gasteiger partial charge in [-0.1, -0.05) is 64.0 Å². The predicted molar refractivity (Wildman–Crippen MR) is 113 cm³/mol. The number of fused-ring (bicyclic) bond motifs is 6. The average molecular weight is 348 g/mol. The summed E-state index contributed by atoms with van der Waals surface area (Å²) >= 11 is 0. The summed E-state index contributed by atoms with van der Waals surface area (Å²) in [6, 6.07) is 7.11. The molecule has 3 heteroatoms. The van der Waals surface area contributed by atoms with Crippen LogP contribution in [0.4, 0.5) is 0 Å². The van der Waals surface area contributed by atoms with E-state index in [4.69, 9.17) is 0 Å². The van der Waals surface area contributed by atoms with Crippen LogP contribution in [0.3, 0.4) is 0 Å². The van der Waals surface area contributed by atoms with Crippen LogP contribution in [-0.2, 0) is 6.42 Å². The molecule has 1 aromatic heterocycles. The Bertz CT molecular complexity index is 831. The Hall–Kier alpha value is -1.22. The van der Waals surface area contributed by atoms with Gasteiger partial charge in [0.2, 0.25) is 0 Å². The topological polar surface area (TPSA) is 19.0 Å². The van der Waals surface area contributed by atoms with Crippen molar-refractivity contribution < 1.29 is 0 Å². The molecule has 26 heavy (non-hydrogen) atoms. The molecule has 0 saturated carbocycles. The Balaban J connectivity index is 1.60. The number of rotatable bonds is 1. The number of hydrogen-bond acceptors (Lipinski definition) is 1. The molecule has 3 aliphatic rings. The van der Waals surface area contributed by atoms with Gasteiger partial charge in [-0.3, -0.25) is 0 Å². The molecular formula is C23H33BN2. The molecule has 3 aliphatic heterocycles. The van der Waals surface area contributed by atoms with E-state index in [1.165, 1.54) is 62.4 Å². The third-order valence-electron chi connectivity index (χ3n) is 8.38. The monoisotopic (exact) mass is 348 g/mol. The molecule has 2 unspecified atom stereocenters. The highest BCUT2D eigenvalue weighted by molar-refractivity contribution is 6.76. The van der Waals surface area contributed by atoms with Crippen molar-refractivity contribution in [3.8, 4) is 0 Å². The molecule has 0 spiro atoms. The van der Waals surface area contributed by atoms with Crippen LogP contribution in [0.2, 0.25) is 12.6 Å². The van der Waals surface area contributed by atoms with Crippen molar-refractivity contribution >= 4 is 23.1 Å². The first-order valence-corrected chi connectivity index (χ1v) is 10.7. The van der Waals surface area contributed by atoms with Crippen molar-refractivity contribution in [1.29, 1.82) is 0 Å². The summed E-state index contributed by atoms with van der Waals surface area (Å²) in [6.07, 6.45) is 6.55. The van der Waals surface area contributed by atoms with Crippen LogP contribution >= 0.6 is 0 Å². The number of H-pyrrole nitrogens is 1. The molecule has 2 saturated heterocycles. The highest BCUT2D eigenvalue weighted by Crippen LogP contribution is 2.53. The molecule has 1 aromatic carbocycles. The number of piperidine rings is 1. The fourth-order valence-electron chi connectivity index (χ4n) is 6.12. The second-order valence-corrected chi connectivity index (χ2v) is 10.5. The first-order valence-electron chi connectivity index (χ1n) is 10.7. The van der Waals surface area contributed by atoms with Gasteiger partial charge in [0.25, 0.3) is 0 Å². The van der Waals surface area contributed by atoms with Crippen LogP contribution in [-0.4, -0.2) is 36.2 Å². The van der Waals surface area contributed by atoms with Crippen molar-refractivity contribution in [2.45, 2.75) is 65.5 Å². The molecule has 0 radical (unpaired) electrons. The Morgan fingerprint density at radius 2 is 1.85 bits per heavy atom. The van der Waals surface area contributed by atoms with E-state index in [1.807, 2.05) is 0 Å². The van der Waals surface area contributed by atoms with Crippen LogP contribution in [0, 0.1) is 10.8 Å². The van der Waals surface area contributed by atoms with E-state index in [0.29, 0.717) is 17.5 Å². The van der Waals surface area contributed by atoms with Crippen LogP contribution in [0.1, 0.15) is 57.7 Å². The lowest BCUT2D eigenvalue weighted by atomic mass is 9.42. The third-order valence-corrected chi connectivity index (χ3v) is 8.38. The minimum Gasteiger partial charge on any atom is -0.358 e. The minimum absolute atomic E-state index is 0.410. The Morgan fingerprint density at radius 1 is 1.08 bits per heavy atom. The Kier molecular flexibility index (Phi) is 3.67. The maximum absolute atomic E-state index is 3.99. The highest BCUT2D eigenvalue weighted by Gasteiger charge is 2.48. The van der Waals surface area contributed by atoms with Gasteiger partial charge in [0.05, 0.1) is 0 Å². The molecule has 5 rings (SSSR count). The summed E-state index contributed by atoms with van der Waals surface area (Å²) in [5.41, 5.74) is 7.08. The molecule has 0 amide bonds. The largest absolute Gasteiger partial charge is 0.358 e. The molecule has 2 nitrogen and oxygen atoms in total. The van der Waals surface area contributed by atoms with Crippen molar-refractivity contribution in [1.82, 2.24) is 9.88 Å². The Labute approximate surface area is 158 Å². The van der Waals surface area contributed by atoms with E-state index in [1.54, 1.807) is 16.7 Å². The van der Waals surface area contributed by atoms with Gasteiger partial charge in [0.1, 0.15) is 0 Å². The third kappa shape index (κ3) is 2.42. The van der Waals surface area contributed by atoms with Crippen LogP contribution in [0.25, 0.3) is 10.9 Å². The normalized spacial score (nSPS) is 29.6. The summed E-state index contributed by atoms with van der Waals surface area (Å²) in [6.45, 7) is 14.4. The van der Waals surface area contributed by atoms with Gasteiger partial charge in [-0.25, -0.2) is 0 Å². The number of aromatic nitrogens is 1. The SMILES string of the molecule is CC1(C)CB(c2cccc3c4c([nH]c23)C2CCCN(CC4)C2)CC1(C)C. The maximum atomic E-state index is 3.99. The first-order chi connectivity index (χ1) is 12.4. The number of nitrogens with one attached hydrogen (secondary N) is 1. The summed E-state index contributed by atoms with van der Waals surface area (Å²) < 4.78 is 0.